The van der Waals surface area contributed by atoms with E-state index in [1.807, 2.05) is 60.7 Å². The van der Waals surface area contributed by atoms with Crippen molar-refractivity contribution in [2.45, 2.75) is 10.6 Å². The van der Waals surface area contributed by atoms with Crippen LogP contribution in [0, 0.1) is 0 Å². The number of aromatic nitrogens is 1. The van der Waals surface area contributed by atoms with Gasteiger partial charge in [-0.3, -0.25) is 9.88 Å². The van der Waals surface area contributed by atoms with Crippen molar-refractivity contribution < 1.29 is 17.9 Å². The lowest BCUT2D eigenvalue weighted by Gasteiger charge is -2.16. The van der Waals surface area contributed by atoms with Gasteiger partial charge >= 0.3 is 6.09 Å². The molecule has 0 atom stereocenters. The first-order chi connectivity index (χ1) is 16.4. The number of sulfonamides is 1. The van der Waals surface area contributed by atoms with Crippen LogP contribution in [-0.2, 0) is 16.4 Å². The molecule has 2 aromatic heterocycles. The van der Waals surface area contributed by atoms with Gasteiger partial charge in [-0.15, -0.1) is 11.3 Å². The first kappa shape index (κ1) is 23.6. The molecule has 0 aliphatic carbocycles. The highest BCUT2D eigenvalue weighted by molar-refractivity contribution is 7.91. The second-order valence-corrected chi connectivity index (χ2v) is 10.5. The van der Waals surface area contributed by atoms with E-state index in [0.29, 0.717) is 12.2 Å². The number of amides is 1. The summed E-state index contributed by atoms with van der Waals surface area (Å²) in [6, 6.07) is 25.1. The van der Waals surface area contributed by atoms with Crippen molar-refractivity contribution in [2.24, 2.45) is 0 Å². The number of benzene rings is 2. The van der Waals surface area contributed by atoms with Gasteiger partial charge in [-0.25, -0.2) is 17.9 Å². The maximum absolute atomic E-state index is 12.6. The summed E-state index contributed by atoms with van der Waals surface area (Å²) in [5.74, 6) is 0.415. The van der Waals surface area contributed by atoms with E-state index in [1.165, 1.54) is 16.2 Å². The molecule has 7 nitrogen and oxygen atoms in total. The predicted molar refractivity (Wildman–Crippen MR) is 134 cm³/mol. The third kappa shape index (κ3) is 5.88. The van der Waals surface area contributed by atoms with Crippen molar-refractivity contribution in [3.63, 3.8) is 0 Å². The summed E-state index contributed by atoms with van der Waals surface area (Å²) < 4.78 is 33.6. The van der Waals surface area contributed by atoms with Gasteiger partial charge in [0.25, 0.3) is 0 Å². The molecule has 4 aromatic rings. The van der Waals surface area contributed by atoms with E-state index in [0.717, 1.165) is 21.8 Å². The van der Waals surface area contributed by atoms with Gasteiger partial charge in [-0.2, -0.15) is 0 Å². The summed E-state index contributed by atoms with van der Waals surface area (Å²) in [6.45, 7) is 0.245. The summed E-state index contributed by atoms with van der Waals surface area (Å²) in [6.07, 6.45) is 1.68. The van der Waals surface area contributed by atoms with Crippen LogP contribution in [0.2, 0.25) is 0 Å². The number of carbonyl (C=O) groups excluding carboxylic acids is 1. The van der Waals surface area contributed by atoms with E-state index >= 15 is 0 Å². The molecule has 1 N–H and O–H groups in total. The number of hydrogen-bond donors (Lipinski definition) is 1. The van der Waals surface area contributed by atoms with E-state index < -0.39 is 16.1 Å². The third-order valence-electron chi connectivity index (χ3n) is 5.02. The number of rotatable bonds is 8. The number of anilines is 1. The second kappa shape index (κ2) is 10.6. The smallest absolute Gasteiger partial charge is 0.410 e. The molecule has 0 fully saturated rings. The van der Waals surface area contributed by atoms with E-state index in [-0.39, 0.29) is 10.8 Å². The Balaban J connectivity index is 1.29. The molecule has 0 saturated carbocycles. The lowest BCUT2D eigenvalue weighted by Crippen LogP contribution is -2.29. The van der Waals surface area contributed by atoms with Crippen LogP contribution in [0.25, 0.3) is 10.6 Å². The fraction of sp³-hybridized carbons (Fsp3) is 0.120. The van der Waals surface area contributed by atoms with Gasteiger partial charge in [0, 0.05) is 25.5 Å². The summed E-state index contributed by atoms with van der Waals surface area (Å²) in [7, 11) is -1.97. The molecule has 4 rings (SSSR count). The standard InChI is InChI=1S/C25H23N3O4S2/c1-28(20-7-3-2-4-8-20)25(29)32-21-12-10-19(11-13-21)16-18-27-34(30,31)24-15-14-23(33-24)22-9-5-6-17-26-22/h2-15,17,27H,16,18H2,1H3. The fourth-order valence-corrected chi connectivity index (χ4v) is 5.52. The van der Waals surface area contributed by atoms with Crippen LogP contribution in [-0.4, -0.2) is 33.1 Å². The predicted octanol–water partition coefficient (Wildman–Crippen LogP) is 4.97. The Kier molecular flexibility index (Phi) is 7.36. The van der Waals surface area contributed by atoms with Crippen molar-refractivity contribution in [2.75, 3.05) is 18.5 Å². The summed E-state index contributed by atoms with van der Waals surface area (Å²) in [4.78, 5) is 18.8. The molecule has 0 bridgehead atoms. The number of ether oxygens (including phenoxy) is 1. The molecule has 174 valence electrons. The number of carbonyl (C=O) groups is 1. The van der Waals surface area contributed by atoms with Crippen LogP contribution in [0.3, 0.4) is 0 Å². The van der Waals surface area contributed by atoms with Crippen molar-refractivity contribution in [1.29, 1.82) is 0 Å². The minimum absolute atomic E-state index is 0.245. The van der Waals surface area contributed by atoms with Crippen LogP contribution in [0.15, 0.2) is 95.3 Å². The van der Waals surface area contributed by atoms with Crippen LogP contribution in [0.1, 0.15) is 5.56 Å². The minimum Gasteiger partial charge on any atom is -0.410 e. The molecule has 0 aliphatic heterocycles. The first-order valence-corrected chi connectivity index (χ1v) is 12.8. The maximum atomic E-state index is 12.6. The molecule has 34 heavy (non-hydrogen) atoms. The Morgan fingerprint density at radius 2 is 1.71 bits per heavy atom. The van der Waals surface area contributed by atoms with Gasteiger partial charge in [0.05, 0.1) is 10.6 Å². The molecule has 1 amide bonds. The summed E-state index contributed by atoms with van der Waals surface area (Å²) in [5.41, 5.74) is 2.39. The highest BCUT2D eigenvalue weighted by Gasteiger charge is 2.17. The zero-order chi connectivity index (χ0) is 24.0. The van der Waals surface area contributed by atoms with Gasteiger partial charge in [0.15, 0.2) is 0 Å². The highest BCUT2D eigenvalue weighted by Crippen LogP contribution is 2.29. The maximum Gasteiger partial charge on any atom is 0.419 e. The Bertz CT molecular complexity index is 1340. The molecule has 0 spiro atoms. The van der Waals surface area contributed by atoms with E-state index in [9.17, 15) is 13.2 Å². The number of para-hydroxylation sites is 1. The molecule has 0 radical (unpaired) electrons. The van der Waals surface area contributed by atoms with Crippen LogP contribution in [0.5, 0.6) is 5.75 Å². The van der Waals surface area contributed by atoms with Crippen molar-refractivity contribution >= 4 is 33.1 Å². The Morgan fingerprint density at radius 3 is 2.41 bits per heavy atom. The van der Waals surface area contributed by atoms with Crippen molar-refractivity contribution in [3.8, 4) is 16.3 Å². The topological polar surface area (TPSA) is 88.6 Å². The Labute approximate surface area is 202 Å². The molecule has 0 saturated heterocycles. The number of nitrogens with one attached hydrogen (secondary N) is 1. The van der Waals surface area contributed by atoms with Gasteiger partial charge in [0.1, 0.15) is 9.96 Å². The average molecular weight is 494 g/mol. The number of nitrogens with zero attached hydrogens (tertiary/aromatic N) is 2. The van der Waals surface area contributed by atoms with Crippen molar-refractivity contribution in [1.82, 2.24) is 9.71 Å². The number of hydrogen-bond acceptors (Lipinski definition) is 6. The van der Waals surface area contributed by atoms with Gasteiger partial charge in [0.2, 0.25) is 10.0 Å². The van der Waals surface area contributed by atoms with Crippen LogP contribution < -0.4 is 14.4 Å². The number of pyridine rings is 1. The van der Waals surface area contributed by atoms with Crippen molar-refractivity contribution in [3.05, 3.63) is 96.7 Å². The van der Waals surface area contributed by atoms with Crippen LogP contribution in [0.4, 0.5) is 10.5 Å². The molecule has 0 unspecified atom stereocenters. The second-order valence-electron chi connectivity index (χ2n) is 7.39. The van der Waals surface area contributed by atoms with Gasteiger partial charge < -0.3 is 4.74 Å². The molecular formula is C25H23N3O4S2. The molecule has 9 heteroatoms. The van der Waals surface area contributed by atoms with Crippen LogP contribution >= 0.6 is 11.3 Å². The van der Waals surface area contributed by atoms with E-state index in [1.54, 1.807) is 37.5 Å². The lowest BCUT2D eigenvalue weighted by atomic mass is 10.1. The lowest BCUT2D eigenvalue weighted by molar-refractivity contribution is 0.209. The van der Waals surface area contributed by atoms with E-state index in [2.05, 4.69) is 9.71 Å². The van der Waals surface area contributed by atoms with Gasteiger partial charge in [-0.1, -0.05) is 36.4 Å². The quantitative estimate of drug-likeness (QED) is 0.375. The van der Waals surface area contributed by atoms with E-state index in [4.69, 9.17) is 4.74 Å². The largest absolute Gasteiger partial charge is 0.419 e. The highest BCUT2D eigenvalue weighted by atomic mass is 32.2. The third-order valence-corrected chi connectivity index (χ3v) is 8.08. The molecular weight excluding hydrogens is 470 g/mol. The Hall–Kier alpha value is -3.53. The normalized spacial score (nSPS) is 11.2. The summed E-state index contributed by atoms with van der Waals surface area (Å²) >= 11 is 1.18. The van der Waals surface area contributed by atoms with Gasteiger partial charge in [-0.05, 0) is 60.5 Å². The summed E-state index contributed by atoms with van der Waals surface area (Å²) in [5, 5.41) is 0. The fourth-order valence-electron chi connectivity index (χ4n) is 3.16. The zero-order valence-corrected chi connectivity index (χ0v) is 20.1. The average Bonchev–Trinajstić information content (AvgIpc) is 3.37. The molecule has 2 heterocycles. The zero-order valence-electron chi connectivity index (χ0n) is 18.4. The Morgan fingerprint density at radius 1 is 0.971 bits per heavy atom. The monoisotopic (exact) mass is 493 g/mol. The minimum atomic E-state index is -3.61. The first-order valence-electron chi connectivity index (χ1n) is 10.5. The molecule has 2 aromatic carbocycles. The SMILES string of the molecule is CN(C(=O)Oc1ccc(CCNS(=O)(=O)c2ccc(-c3ccccn3)s2)cc1)c1ccccc1. The number of thiophene rings is 1. The molecule has 0 aliphatic rings.